The van der Waals surface area contributed by atoms with Crippen molar-refractivity contribution in [2.75, 3.05) is 5.75 Å². The number of hydrogen-bond acceptors (Lipinski definition) is 1. The van der Waals surface area contributed by atoms with Crippen molar-refractivity contribution in [3.8, 4) is 0 Å². The van der Waals surface area contributed by atoms with Gasteiger partial charge in [-0.2, -0.15) is 0 Å². The van der Waals surface area contributed by atoms with Crippen molar-refractivity contribution < 1.29 is 8.76 Å². The van der Waals surface area contributed by atoms with Crippen LogP contribution in [0.15, 0.2) is 0 Å². The Bertz CT molecular complexity index is 113. The molecular weight excluding hydrogens is 160 g/mol. The molecule has 0 amide bonds. The van der Waals surface area contributed by atoms with Gasteiger partial charge in [0.2, 0.25) is 0 Å². The fourth-order valence-electron chi connectivity index (χ4n) is 0.955. The van der Waals surface area contributed by atoms with Crippen LogP contribution < -0.4 is 0 Å². The van der Waals surface area contributed by atoms with Crippen LogP contribution in [0.5, 0.6) is 0 Å². The first-order valence-corrected chi connectivity index (χ1v) is 5.48. The molecule has 0 saturated heterocycles. The summed E-state index contributed by atoms with van der Waals surface area (Å²) in [6, 6.07) is 0. The molecule has 0 aromatic heterocycles. The maximum atomic E-state index is 10.2. The summed E-state index contributed by atoms with van der Waals surface area (Å²) in [4.78, 5) is 0. The molecule has 1 atom stereocenters. The minimum absolute atomic E-state index is 0.443. The van der Waals surface area contributed by atoms with E-state index in [0.717, 1.165) is 18.8 Å². The Kier molecular flexibility index (Phi) is 6.87. The standard InChI is InChI=1S/C8H18O2S/c1-8(2)6-4-3-5-7-11(9)10/h8H,3-7H2,1-2H3,(H,9,10). The molecule has 11 heavy (non-hydrogen) atoms. The van der Waals surface area contributed by atoms with Crippen molar-refractivity contribution in [1.29, 1.82) is 0 Å². The quantitative estimate of drug-likeness (QED) is 0.501. The molecule has 2 nitrogen and oxygen atoms in total. The lowest BCUT2D eigenvalue weighted by molar-refractivity contribution is 0.527. The second-order valence-corrected chi connectivity index (χ2v) is 4.32. The van der Waals surface area contributed by atoms with Crippen molar-refractivity contribution in [1.82, 2.24) is 0 Å². The molecule has 1 unspecified atom stereocenters. The number of hydrogen-bond donors (Lipinski definition) is 1. The number of rotatable bonds is 6. The number of unbranched alkanes of at least 4 members (excludes halogenated alkanes) is 2. The van der Waals surface area contributed by atoms with Gasteiger partial charge in [0.25, 0.3) is 0 Å². The molecule has 0 aromatic carbocycles. The van der Waals surface area contributed by atoms with Gasteiger partial charge in [0.05, 0.1) is 0 Å². The van der Waals surface area contributed by atoms with E-state index in [1.165, 1.54) is 12.8 Å². The highest BCUT2D eigenvalue weighted by Gasteiger charge is 1.96. The zero-order valence-corrected chi connectivity index (χ0v) is 8.19. The Labute approximate surface area is 71.7 Å². The summed E-state index contributed by atoms with van der Waals surface area (Å²) in [5.74, 6) is 1.20. The highest BCUT2D eigenvalue weighted by molar-refractivity contribution is 7.79. The van der Waals surface area contributed by atoms with Gasteiger partial charge in [-0.05, 0) is 12.3 Å². The van der Waals surface area contributed by atoms with E-state index in [-0.39, 0.29) is 0 Å². The first kappa shape index (κ1) is 11.1. The Morgan fingerprint density at radius 1 is 1.27 bits per heavy atom. The Morgan fingerprint density at radius 3 is 2.36 bits per heavy atom. The SMILES string of the molecule is CC(C)CCCCCS(=O)O. The van der Waals surface area contributed by atoms with Crippen LogP contribution in [0.1, 0.15) is 39.5 Å². The van der Waals surface area contributed by atoms with E-state index in [1.807, 2.05) is 0 Å². The summed E-state index contributed by atoms with van der Waals surface area (Å²) in [7, 11) is 0. The summed E-state index contributed by atoms with van der Waals surface area (Å²) in [6.07, 6.45) is 4.40. The molecule has 0 heterocycles. The molecule has 0 aliphatic rings. The fraction of sp³-hybridized carbons (Fsp3) is 1.00. The third kappa shape index (κ3) is 10.1. The zero-order chi connectivity index (χ0) is 8.69. The molecule has 0 aliphatic carbocycles. The van der Waals surface area contributed by atoms with Gasteiger partial charge in [0.15, 0.2) is 11.1 Å². The van der Waals surface area contributed by atoms with E-state index in [4.69, 9.17) is 4.55 Å². The Balaban J connectivity index is 2.97. The highest BCUT2D eigenvalue weighted by Crippen LogP contribution is 2.07. The second-order valence-electron chi connectivity index (χ2n) is 3.27. The fourth-order valence-corrected chi connectivity index (χ4v) is 1.41. The lowest BCUT2D eigenvalue weighted by Crippen LogP contribution is -1.95. The second kappa shape index (κ2) is 6.80. The summed E-state index contributed by atoms with van der Waals surface area (Å²) in [5.41, 5.74) is 0. The largest absolute Gasteiger partial charge is 0.306 e. The van der Waals surface area contributed by atoms with Crippen LogP contribution in [0.3, 0.4) is 0 Å². The van der Waals surface area contributed by atoms with E-state index in [2.05, 4.69) is 13.8 Å². The van der Waals surface area contributed by atoms with Gasteiger partial charge in [-0.15, -0.1) is 0 Å². The van der Waals surface area contributed by atoms with E-state index in [0.29, 0.717) is 5.75 Å². The van der Waals surface area contributed by atoms with Crippen LogP contribution in [0.2, 0.25) is 0 Å². The van der Waals surface area contributed by atoms with E-state index >= 15 is 0 Å². The van der Waals surface area contributed by atoms with Gasteiger partial charge in [0.1, 0.15) is 0 Å². The maximum absolute atomic E-state index is 10.2. The Morgan fingerprint density at radius 2 is 1.91 bits per heavy atom. The predicted molar refractivity (Wildman–Crippen MR) is 48.9 cm³/mol. The van der Waals surface area contributed by atoms with Crippen LogP contribution in [-0.4, -0.2) is 14.5 Å². The van der Waals surface area contributed by atoms with Crippen molar-refractivity contribution in [3.63, 3.8) is 0 Å². The van der Waals surface area contributed by atoms with Crippen molar-refractivity contribution in [3.05, 3.63) is 0 Å². The van der Waals surface area contributed by atoms with Gasteiger partial charge in [0, 0.05) is 5.75 Å². The van der Waals surface area contributed by atoms with Crippen molar-refractivity contribution in [2.24, 2.45) is 5.92 Å². The molecule has 0 fully saturated rings. The van der Waals surface area contributed by atoms with Gasteiger partial charge in [-0.25, -0.2) is 4.21 Å². The molecule has 0 aliphatic heterocycles. The molecule has 0 saturated carbocycles. The molecule has 0 rings (SSSR count). The predicted octanol–water partition coefficient (Wildman–Crippen LogP) is 2.42. The van der Waals surface area contributed by atoms with Gasteiger partial charge < -0.3 is 4.55 Å². The highest BCUT2D eigenvalue weighted by atomic mass is 32.2. The van der Waals surface area contributed by atoms with Crippen LogP contribution in [0.4, 0.5) is 0 Å². The van der Waals surface area contributed by atoms with E-state index < -0.39 is 11.1 Å². The minimum Gasteiger partial charge on any atom is -0.306 e. The maximum Gasteiger partial charge on any atom is 0.152 e. The first-order valence-electron chi connectivity index (χ1n) is 4.20. The average Bonchev–Trinajstić information content (AvgIpc) is 1.85. The van der Waals surface area contributed by atoms with Gasteiger partial charge >= 0.3 is 0 Å². The van der Waals surface area contributed by atoms with Crippen LogP contribution in [-0.2, 0) is 11.1 Å². The summed E-state index contributed by atoms with van der Waals surface area (Å²) < 4.78 is 18.6. The van der Waals surface area contributed by atoms with Crippen LogP contribution >= 0.6 is 0 Å². The smallest absolute Gasteiger partial charge is 0.152 e. The van der Waals surface area contributed by atoms with Gasteiger partial charge in [-0.1, -0.05) is 33.1 Å². The normalized spacial score (nSPS) is 13.8. The molecular formula is C8H18O2S. The summed E-state index contributed by atoms with van der Waals surface area (Å²) >= 11 is -1.58. The average molecular weight is 178 g/mol. The van der Waals surface area contributed by atoms with E-state index in [9.17, 15) is 4.21 Å². The summed E-state index contributed by atoms with van der Waals surface area (Å²) in [6.45, 7) is 4.40. The van der Waals surface area contributed by atoms with Gasteiger partial charge in [-0.3, -0.25) is 0 Å². The van der Waals surface area contributed by atoms with Crippen LogP contribution in [0, 0.1) is 5.92 Å². The molecule has 0 radical (unpaired) electrons. The topological polar surface area (TPSA) is 37.3 Å². The molecule has 3 heteroatoms. The molecule has 1 N–H and O–H groups in total. The first-order chi connectivity index (χ1) is 5.13. The van der Waals surface area contributed by atoms with Crippen molar-refractivity contribution in [2.45, 2.75) is 39.5 Å². The molecule has 0 bridgehead atoms. The summed E-state index contributed by atoms with van der Waals surface area (Å²) in [5, 5.41) is 0. The monoisotopic (exact) mass is 178 g/mol. The third-order valence-electron chi connectivity index (χ3n) is 1.60. The Hall–Kier alpha value is 0.110. The zero-order valence-electron chi connectivity index (χ0n) is 7.38. The molecule has 68 valence electrons. The lowest BCUT2D eigenvalue weighted by atomic mass is 10.1. The molecule has 0 aromatic rings. The lowest BCUT2D eigenvalue weighted by Gasteiger charge is -2.02. The van der Waals surface area contributed by atoms with E-state index in [1.54, 1.807) is 0 Å². The third-order valence-corrected chi connectivity index (χ3v) is 2.24. The molecule has 0 spiro atoms. The van der Waals surface area contributed by atoms with Crippen LogP contribution in [0.25, 0.3) is 0 Å². The minimum atomic E-state index is -1.58. The van der Waals surface area contributed by atoms with Crippen molar-refractivity contribution >= 4 is 11.1 Å².